The van der Waals surface area contributed by atoms with E-state index in [0.717, 1.165) is 24.7 Å². The van der Waals surface area contributed by atoms with E-state index >= 15 is 0 Å². The molecule has 1 N–H and O–H groups in total. The van der Waals surface area contributed by atoms with E-state index in [-0.39, 0.29) is 0 Å². The molecule has 0 saturated carbocycles. The van der Waals surface area contributed by atoms with Gasteiger partial charge in [-0.25, -0.2) is 4.98 Å². The van der Waals surface area contributed by atoms with Crippen molar-refractivity contribution in [2.24, 2.45) is 0 Å². The summed E-state index contributed by atoms with van der Waals surface area (Å²) in [5.41, 5.74) is 1.04. The van der Waals surface area contributed by atoms with Crippen LogP contribution in [0.2, 0.25) is 0 Å². The van der Waals surface area contributed by atoms with Crippen LogP contribution < -0.4 is 5.32 Å². The average Bonchev–Trinajstić information content (AvgIpc) is 2.63. The van der Waals surface area contributed by atoms with Gasteiger partial charge in [-0.1, -0.05) is 6.92 Å². The molecule has 1 unspecified atom stereocenters. The Bertz CT molecular complexity index is 314. The summed E-state index contributed by atoms with van der Waals surface area (Å²) in [6.45, 7) is 6.69. The van der Waals surface area contributed by atoms with Crippen LogP contribution in [0.4, 0.5) is 5.95 Å². The third-order valence-corrected chi connectivity index (χ3v) is 3.35. The van der Waals surface area contributed by atoms with E-state index in [1.807, 2.05) is 24.9 Å². The molecule has 1 heterocycles. The number of nitrogens with one attached hydrogen (secondary N) is 1. The molecule has 0 bridgehead atoms. The molecular formula is C11H21N3OS. The molecule has 1 atom stereocenters. The Kier molecular flexibility index (Phi) is 5.69. The first-order valence-electron chi connectivity index (χ1n) is 5.46. The van der Waals surface area contributed by atoms with E-state index in [9.17, 15) is 0 Å². The van der Waals surface area contributed by atoms with Gasteiger partial charge in [-0.2, -0.15) is 11.8 Å². The molecule has 1 rings (SSSR count). The van der Waals surface area contributed by atoms with Gasteiger partial charge in [-0.3, -0.25) is 0 Å². The number of rotatable bonds is 7. The van der Waals surface area contributed by atoms with Gasteiger partial charge < -0.3 is 14.6 Å². The summed E-state index contributed by atoms with van der Waals surface area (Å²) in [5.74, 6) is 0.940. The van der Waals surface area contributed by atoms with Crippen LogP contribution >= 0.6 is 11.8 Å². The molecule has 16 heavy (non-hydrogen) atoms. The SMILES string of the molecule is COCCn1cc(C)nc1NCC(C)SC. The quantitative estimate of drug-likeness (QED) is 0.795. The summed E-state index contributed by atoms with van der Waals surface area (Å²) < 4.78 is 7.18. The molecule has 92 valence electrons. The van der Waals surface area contributed by atoms with Crippen molar-refractivity contribution in [2.75, 3.05) is 31.8 Å². The number of hydrogen-bond donors (Lipinski definition) is 1. The number of methoxy groups -OCH3 is 1. The molecule has 0 amide bonds. The first-order chi connectivity index (χ1) is 7.67. The molecule has 0 aliphatic carbocycles. The van der Waals surface area contributed by atoms with Crippen molar-refractivity contribution in [2.45, 2.75) is 25.6 Å². The van der Waals surface area contributed by atoms with Crippen molar-refractivity contribution in [3.05, 3.63) is 11.9 Å². The number of aryl methyl sites for hydroxylation is 1. The molecule has 1 aromatic rings. The Morgan fingerprint density at radius 1 is 1.62 bits per heavy atom. The number of nitrogens with zero attached hydrogens (tertiary/aromatic N) is 2. The monoisotopic (exact) mass is 243 g/mol. The van der Waals surface area contributed by atoms with Crippen LogP contribution in [0, 0.1) is 6.92 Å². The number of thioether (sulfide) groups is 1. The molecule has 0 fully saturated rings. The van der Waals surface area contributed by atoms with Gasteiger partial charge in [0.25, 0.3) is 0 Å². The fourth-order valence-corrected chi connectivity index (χ4v) is 1.62. The Morgan fingerprint density at radius 3 is 3.00 bits per heavy atom. The summed E-state index contributed by atoms with van der Waals surface area (Å²) in [6, 6.07) is 0. The lowest BCUT2D eigenvalue weighted by molar-refractivity contribution is 0.187. The number of aromatic nitrogens is 2. The predicted octanol–water partition coefficient (Wildman–Crippen LogP) is 2.00. The largest absolute Gasteiger partial charge is 0.383 e. The smallest absolute Gasteiger partial charge is 0.203 e. The van der Waals surface area contributed by atoms with Crippen LogP contribution in [-0.4, -0.2) is 41.3 Å². The second kappa shape index (κ2) is 6.81. The van der Waals surface area contributed by atoms with Crippen LogP contribution in [0.1, 0.15) is 12.6 Å². The molecule has 5 heteroatoms. The molecule has 0 aliphatic heterocycles. The number of ether oxygens (including phenoxy) is 1. The lowest BCUT2D eigenvalue weighted by Crippen LogP contribution is -2.16. The zero-order valence-electron chi connectivity index (χ0n) is 10.5. The van der Waals surface area contributed by atoms with E-state index in [1.165, 1.54) is 0 Å². The summed E-state index contributed by atoms with van der Waals surface area (Å²) >= 11 is 1.85. The zero-order valence-corrected chi connectivity index (χ0v) is 11.3. The highest BCUT2D eigenvalue weighted by molar-refractivity contribution is 7.99. The van der Waals surface area contributed by atoms with Gasteiger partial charge in [0.1, 0.15) is 0 Å². The van der Waals surface area contributed by atoms with Gasteiger partial charge in [-0.05, 0) is 13.2 Å². The lowest BCUT2D eigenvalue weighted by atomic mass is 10.5. The average molecular weight is 243 g/mol. The van der Waals surface area contributed by atoms with Gasteiger partial charge in [0.05, 0.1) is 12.3 Å². The summed E-state index contributed by atoms with van der Waals surface area (Å²) in [4.78, 5) is 4.46. The fourth-order valence-electron chi connectivity index (χ4n) is 1.37. The molecule has 4 nitrogen and oxygen atoms in total. The first kappa shape index (κ1) is 13.4. The third kappa shape index (κ3) is 4.06. The van der Waals surface area contributed by atoms with Gasteiger partial charge >= 0.3 is 0 Å². The second-order valence-corrected chi connectivity index (χ2v) is 5.10. The van der Waals surface area contributed by atoms with Gasteiger partial charge in [0, 0.05) is 31.6 Å². The number of hydrogen-bond acceptors (Lipinski definition) is 4. The third-order valence-electron chi connectivity index (χ3n) is 2.38. The highest BCUT2D eigenvalue weighted by Crippen LogP contribution is 2.11. The summed E-state index contributed by atoms with van der Waals surface area (Å²) in [6.07, 6.45) is 4.17. The zero-order chi connectivity index (χ0) is 12.0. The van der Waals surface area contributed by atoms with Gasteiger partial charge in [-0.15, -0.1) is 0 Å². The highest BCUT2D eigenvalue weighted by Gasteiger charge is 2.06. The van der Waals surface area contributed by atoms with Crippen LogP contribution in [0.5, 0.6) is 0 Å². The molecule has 0 spiro atoms. The molecule has 1 aromatic heterocycles. The van der Waals surface area contributed by atoms with E-state index < -0.39 is 0 Å². The maximum absolute atomic E-state index is 5.08. The minimum atomic E-state index is 0.591. The fraction of sp³-hybridized carbons (Fsp3) is 0.727. The van der Waals surface area contributed by atoms with Gasteiger partial charge in [0.15, 0.2) is 0 Å². The second-order valence-electron chi connectivity index (χ2n) is 3.82. The minimum absolute atomic E-state index is 0.591. The standard InChI is InChI=1S/C11H21N3OS/c1-9-8-14(5-6-15-3)11(13-9)12-7-10(2)16-4/h8,10H,5-7H2,1-4H3,(H,12,13). The topological polar surface area (TPSA) is 39.1 Å². The van der Waals surface area contributed by atoms with Crippen molar-refractivity contribution in [3.8, 4) is 0 Å². The molecular weight excluding hydrogens is 222 g/mol. The van der Waals surface area contributed by atoms with Crippen LogP contribution in [0.3, 0.4) is 0 Å². The van der Waals surface area contributed by atoms with Crippen molar-refractivity contribution < 1.29 is 4.74 Å². The van der Waals surface area contributed by atoms with Crippen LogP contribution in [0.25, 0.3) is 0 Å². The normalized spacial score (nSPS) is 12.8. The lowest BCUT2D eigenvalue weighted by Gasteiger charge is -2.12. The Labute approximate surface area is 102 Å². The predicted molar refractivity (Wildman–Crippen MR) is 70.3 cm³/mol. The van der Waals surface area contributed by atoms with Gasteiger partial charge in [0.2, 0.25) is 5.95 Å². The van der Waals surface area contributed by atoms with Crippen molar-refractivity contribution >= 4 is 17.7 Å². The molecule has 0 aliphatic rings. The first-order valence-corrected chi connectivity index (χ1v) is 6.75. The Morgan fingerprint density at radius 2 is 2.38 bits per heavy atom. The molecule has 0 radical (unpaired) electrons. The minimum Gasteiger partial charge on any atom is -0.383 e. The highest BCUT2D eigenvalue weighted by atomic mass is 32.2. The van der Waals surface area contributed by atoms with Crippen molar-refractivity contribution in [3.63, 3.8) is 0 Å². The van der Waals surface area contributed by atoms with Crippen LogP contribution in [-0.2, 0) is 11.3 Å². The number of anilines is 1. The van der Waals surface area contributed by atoms with Crippen molar-refractivity contribution in [1.29, 1.82) is 0 Å². The Hall–Kier alpha value is -0.680. The molecule has 0 saturated heterocycles. The number of imidazole rings is 1. The maximum Gasteiger partial charge on any atom is 0.203 e. The van der Waals surface area contributed by atoms with E-state index in [2.05, 4.69) is 28.0 Å². The molecule has 0 aromatic carbocycles. The summed E-state index contributed by atoms with van der Waals surface area (Å²) in [5, 5.41) is 3.96. The van der Waals surface area contributed by atoms with Crippen molar-refractivity contribution in [1.82, 2.24) is 9.55 Å². The van der Waals surface area contributed by atoms with E-state index in [1.54, 1.807) is 7.11 Å². The van der Waals surface area contributed by atoms with E-state index in [4.69, 9.17) is 4.74 Å². The van der Waals surface area contributed by atoms with Crippen LogP contribution in [0.15, 0.2) is 6.20 Å². The summed E-state index contributed by atoms with van der Waals surface area (Å²) in [7, 11) is 1.71. The van der Waals surface area contributed by atoms with E-state index in [0.29, 0.717) is 11.9 Å². The maximum atomic E-state index is 5.08. The Balaban J connectivity index is 2.56.